The number of thiazole rings is 1. The van der Waals surface area contributed by atoms with Gasteiger partial charge in [-0.25, -0.2) is 4.98 Å². The van der Waals surface area contributed by atoms with Gasteiger partial charge in [0.05, 0.1) is 4.92 Å². The van der Waals surface area contributed by atoms with E-state index < -0.39 is 4.92 Å². The predicted molar refractivity (Wildman–Crippen MR) is 118 cm³/mol. The molecule has 1 N–H and O–H groups in total. The van der Waals surface area contributed by atoms with Crippen molar-refractivity contribution in [1.29, 1.82) is 0 Å². The summed E-state index contributed by atoms with van der Waals surface area (Å²) in [6, 6.07) is 23.5. The number of nitrogens with one attached hydrogen (secondary N) is 1. The minimum Gasteiger partial charge on any atom is -0.444 e. The van der Waals surface area contributed by atoms with Gasteiger partial charge in [0.1, 0.15) is 11.4 Å². The molecule has 0 fully saturated rings. The largest absolute Gasteiger partial charge is 0.444 e. The van der Waals surface area contributed by atoms with Crippen molar-refractivity contribution in [3.8, 4) is 22.1 Å². The second-order valence-electron chi connectivity index (χ2n) is 6.01. The van der Waals surface area contributed by atoms with Gasteiger partial charge in [-0.3, -0.25) is 10.1 Å². The van der Waals surface area contributed by atoms with E-state index >= 15 is 0 Å². The molecule has 1 aromatic heterocycles. The molecule has 3 aromatic carbocycles. The van der Waals surface area contributed by atoms with Gasteiger partial charge in [0, 0.05) is 27.9 Å². The number of benzene rings is 3. The molecule has 0 saturated carbocycles. The molecule has 0 spiro atoms. The van der Waals surface area contributed by atoms with Crippen LogP contribution in [0.2, 0.25) is 0 Å². The maximum atomic E-state index is 10.9. The van der Waals surface area contributed by atoms with E-state index in [1.54, 1.807) is 12.1 Å². The van der Waals surface area contributed by atoms with Gasteiger partial charge < -0.3 is 10.1 Å². The molecule has 0 aliphatic rings. The van der Waals surface area contributed by atoms with E-state index in [4.69, 9.17) is 9.72 Å². The van der Waals surface area contributed by atoms with Crippen LogP contribution >= 0.6 is 27.3 Å². The van der Waals surface area contributed by atoms with E-state index in [2.05, 4.69) is 21.2 Å². The molecule has 0 radical (unpaired) electrons. The molecule has 0 atom stereocenters. The monoisotopic (exact) mass is 467 g/mol. The van der Waals surface area contributed by atoms with Crippen LogP contribution in [0.5, 0.6) is 10.8 Å². The summed E-state index contributed by atoms with van der Waals surface area (Å²) in [5, 5.41) is 15.4. The standard InChI is InChI=1S/C21H14BrN3O3S/c22-15-7-4-8-16(13-15)23-21-24-19(14-5-2-1-3-6-14)20(29-21)28-18-11-9-17(10-12-18)25(26)27/h1-13H,(H,23,24). The molecule has 8 heteroatoms. The normalized spacial score (nSPS) is 10.5. The highest BCUT2D eigenvalue weighted by Gasteiger charge is 2.16. The molecule has 0 saturated heterocycles. The van der Waals surface area contributed by atoms with Crippen molar-refractivity contribution in [3.63, 3.8) is 0 Å². The first-order valence-electron chi connectivity index (χ1n) is 8.59. The van der Waals surface area contributed by atoms with Crippen LogP contribution in [0.25, 0.3) is 11.3 Å². The number of anilines is 2. The number of rotatable bonds is 6. The van der Waals surface area contributed by atoms with Crippen LogP contribution in [-0.4, -0.2) is 9.91 Å². The van der Waals surface area contributed by atoms with Gasteiger partial charge in [0.25, 0.3) is 5.69 Å². The van der Waals surface area contributed by atoms with Gasteiger partial charge in [-0.05, 0) is 30.3 Å². The Hall–Kier alpha value is -3.23. The summed E-state index contributed by atoms with van der Waals surface area (Å²) >= 11 is 4.83. The molecule has 0 aliphatic carbocycles. The Balaban J connectivity index is 1.67. The van der Waals surface area contributed by atoms with Gasteiger partial charge in [-0.1, -0.05) is 63.7 Å². The molecule has 1 heterocycles. The SMILES string of the molecule is O=[N+]([O-])c1ccc(Oc2sc(Nc3cccc(Br)c3)nc2-c2ccccc2)cc1. The molecule has 29 heavy (non-hydrogen) atoms. The summed E-state index contributed by atoms with van der Waals surface area (Å²) in [5.74, 6) is 0.505. The zero-order chi connectivity index (χ0) is 20.2. The van der Waals surface area contributed by atoms with Crippen LogP contribution in [-0.2, 0) is 0 Å². The van der Waals surface area contributed by atoms with Crippen molar-refractivity contribution in [3.05, 3.63) is 93.4 Å². The van der Waals surface area contributed by atoms with Gasteiger partial charge in [0.15, 0.2) is 5.13 Å². The van der Waals surface area contributed by atoms with Gasteiger partial charge in [0.2, 0.25) is 5.06 Å². The van der Waals surface area contributed by atoms with Gasteiger partial charge in [-0.2, -0.15) is 0 Å². The predicted octanol–water partition coefficient (Wildman–Crippen LogP) is 7.02. The molecule has 0 unspecified atom stereocenters. The Morgan fingerprint density at radius 1 is 1.00 bits per heavy atom. The van der Waals surface area contributed by atoms with Crippen molar-refractivity contribution >= 4 is 43.8 Å². The third-order valence-corrected chi connectivity index (χ3v) is 5.32. The second kappa shape index (κ2) is 8.42. The Labute approximate surface area is 179 Å². The number of non-ortho nitro benzene ring substituents is 1. The van der Waals surface area contributed by atoms with Crippen molar-refractivity contribution in [2.45, 2.75) is 0 Å². The number of nitro groups is 1. The third kappa shape index (κ3) is 4.61. The van der Waals surface area contributed by atoms with Crippen molar-refractivity contribution in [1.82, 2.24) is 4.98 Å². The molecule has 0 amide bonds. The Morgan fingerprint density at radius 2 is 1.76 bits per heavy atom. The second-order valence-corrected chi connectivity index (χ2v) is 7.89. The molecule has 4 rings (SSSR count). The fourth-order valence-electron chi connectivity index (χ4n) is 2.64. The van der Waals surface area contributed by atoms with Crippen LogP contribution in [0.3, 0.4) is 0 Å². The van der Waals surface area contributed by atoms with E-state index in [0.29, 0.717) is 21.6 Å². The Morgan fingerprint density at radius 3 is 2.45 bits per heavy atom. The number of nitrogens with zero attached hydrogens (tertiary/aromatic N) is 2. The average molecular weight is 468 g/mol. The maximum Gasteiger partial charge on any atom is 0.269 e. The van der Waals surface area contributed by atoms with E-state index in [1.807, 2.05) is 54.6 Å². The third-order valence-electron chi connectivity index (χ3n) is 3.98. The Bertz CT molecular complexity index is 1150. The van der Waals surface area contributed by atoms with E-state index in [0.717, 1.165) is 15.7 Å². The van der Waals surface area contributed by atoms with E-state index in [9.17, 15) is 10.1 Å². The summed E-state index contributed by atoms with van der Waals surface area (Å²) < 4.78 is 6.99. The zero-order valence-corrected chi connectivity index (χ0v) is 17.3. The van der Waals surface area contributed by atoms with E-state index in [1.165, 1.54) is 23.5 Å². The number of aromatic nitrogens is 1. The highest BCUT2D eigenvalue weighted by Crippen LogP contribution is 2.41. The minimum absolute atomic E-state index is 0.0157. The molecule has 6 nitrogen and oxygen atoms in total. The lowest BCUT2D eigenvalue weighted by Crippen LogP contribution is -1.89. The first-order valence-corrected chi connectivity index (χ1v) is 10.2. The number of nitro benzene ring substituents is 1. The van der Waals surface area contributed by atoms with Crippen LogP contribution in [0, 0.1) is 10.1 Å². The summed E-state index contributed by atoms with van der Waals surface area (Å²) in [6.45, 7) is 0. The molecule has 4 aromatic rings. The lowest BCUT2D eigenvalue weighted by molar-refractivity contribution is -0.384. The molecule has 0 bridgehead atoms. The maximum absolute atomic E-state index is 10.9. The topological polar surface area (TPSA) is 77.3 Å². The van der Waals surface area contributed by atoms with Crippen molar-refractivity contribution in [2.75, 3.05) is 5.32 Å². The summed E-state index contributed by atoms with van der Waals surface area (Å²) in [4.78, 5) is 15.1. The van der Waals surface area contributed by atoms with Crippen molar-refractivity contribution < 1.29 is 9.66 Å². The fraction of sp³-hybridized carbons (Fsp3) is 0. The number of halogens is 1. The zero-order valence-electron chi connectivity index (χ0n) is 14.9. The summed E-state index contributed by atoms with van der Waals surface area (Å²) in [5.41, 5.74) is 2.53. The highest BCUT2D eigenvalue weighted by molar-refractivity contribution is 9.10. The number of hydrogen-bond acceptors (Lipinski definition) is 6. The first kappa shape index (κ1) is 19.1. The van der Waals surface area contributed by atoms with Crippen LogP contribution in [0.4, 0.5) is 16.5 Å². The van der Waals surface area contributed by atoms with Crippen LogP contribution in [0.15, 0.2) is 83.3 Å². The van der Waals surface area contributed by atoms with Crippen LogP contribution < -0.4 is 10.1 Å². The summed E-state index contributed by atoms with van der Waals surface area (Å²) in [6.07, 6.45) is 0. The van der Waals surface area contributed by atoms with Gasteiger partial charge >= 0.3 is 0 Å². The lowest BCUT2D eigenvalue weighted by Gasteiger charge is -2.05. The van der Waals surface area contributed by atoms with Crippen LogP contribution in [0.1, 0.15) is 0 Å². The molecule has 144 valence electrons. The lowest BCUT2D eigenvalue weighted by atomic mass is 10.2. The first-order chi connectivity index (χ1) is 14.1. The highest BCUT2D eigenvalue weighted by atomic mass is 79.9. The summed E-state index contributed by atoms with van der Waals surface area (Å²) in [7, 11) is 0. The smallest absolute Gasteiger partial charge is 0.269 e. The quantitative estimate of drug-likeness (QED) is 0.243. The molecular weight excluding hydrogens is 454 g/mol. The number of hydrogen-bond donors (Lipinski definition) is 1. The average Bonchev–Trinajstić information content (AvgIpc) is 3.11. The van der Waals surface area contributed by atoms with E-state index in [-0.39, 0.29) is 5.69 Å². The van der Waals surface area contributed by atoms with Gasteiger partial charge in [-0.15, -0.1) is 0 Å². The fourth-order valence-corrected chi connectivity index (χ4v) is 3.92. The number of ether oxygens (including phenoxy) is 1. The molecular formula is C21H14BrN3O3S. The van der Waals surface area contributed by atoms with Crippen molar-refractivity contribution in [2.24, 2.45) is 0 Å². The minimum atomic E-state index is -0.439. The molecule has 0 aliphatic heterocycles. The Kier molecular flexibility index (Phi) is 5.55.